The van der Waals surface area contributed by atoms with Gasteiger partial charge < -0.3 is 9.47 Å². The zero-order chi connectivity index (χ0) is 28.6. The van der Waals surface area contributed by atoms with E-state index >= 15 is 0 Å². The van der Waals surface area contributed by atoms with Gasteiger partial charge in [0.1, 0.15) is 18.1 Å². The second-order valence-electron chi connectivity index (χ2n) is 9.32. The van der Waals surface area contributed by atoms with Gasteiger partial charge in [0.2, 0.25) is 0 Å². The molecule has 0 fully saturated rings. The number of pyridine rings is 1. The predicted molar refractivity (Wildman–Crippen MR) is 160 cm³/mol. The highest BCUT2D eigenvalue weighted by Gasteiger charge is 2.14. The van der Waals surface area contributed by atoms with Gasteiger partial charge in [0.15, 0.2) is 0 Å². The Morgan fingerprint density at radius 2 is 1.78 bits per heavy atom. The summed E-state index contributed by atoms with van der Waals surface area (Å²) in [6.07, 6.45) is 2.53. The van der Waals surface area contributed by atoms with Gasteiger partial charge in [0.05, 0.1) is 41.7 Å². The highest BCUT2D eigenvalue weighted by Crippen LogP contribution is 2.26. The van der Waals surface area contributed by atoms with E-state index in [0.717, 1.165) is 39.7 Å². The van der Waals surface area contributed by atoms with Crippen LogP contribution in [0.4, 0.5) is 0 Å². The van der Waals surface area contributed by atoms with Crippen molar-refractivity contribution in [2.75, 3.05) is 7.11 Å². The maximum Gasteiger partial charge on any atom is 0.272 e. The van der Waals surface area contributed by atoms with Gasteiger partial charge in [-0.15, -0.1) is 0 Å². The van der Waals surface area contributed by atoms with Gasteiger partial charge in [0.25, 0.3) is 5.91 Å². The molecule has 0 radical (unpaired) electrons. The van der Waals surface area contributed by atoms with Crippen LogP contribution in [0.3, 0.4) is 0 Å². The van der Waals surface area contributed by atoms with Crippen LogP contribution < -0.4 is 14.9 Å². The third-order valence-electron chi connectivity index (χ3n) is 6.68. The number of ether oxygens (including phenoxy) is 2. The van der Waals surface area contributed by atoms with Gasteiger partial charge in [-0.05, 0) is 72.1 Å². The van der Waals surface area contributed by atoms with Crippen molar-refractivity contribution >= 4 is 23.0 Å². The molecule has 1 amide bonds. The molecule has 5 aromatic rings. The van der Waals surface area contributed by atoms with E-state index < -0.39 is 0 Å². The lowest BCUT2D eigenvalue weighted by molar-refractivity contribution is 0.0956. The number of carbonyl (C=O) groups is 1. The lowest BCUT2D eigenvalue weighted by atomic mass is 10.0. The van der Waals surface area contributed by atoms with Gasteiger partial charge >= 0.3 is 0 Å². The molecule has 7 heteroatoms. The molecule has 0 spiro atoms. The van der Waals surface area contributed by atoms with E-state index in [1.165, 1.54) is 5.56 Å². The second-order valence-corrected chi connectivity index (χ2v) is 9.32. The summed E-state index contributed by atoms with van der Waals surface area (Å²) in [6, 6.07) is 32.2. The average molecular weight is 541 g/mol. The molecule has 0 saturated heterocycles. The SMILES string of the molecule is CCc1ccc(-c2cc(C(=O)NN=Cc3ccc(OC)c(COc4ccc(C#N)cc4)c3)c3ccccc3n2)cc1. The minimum atomic E-state index is -0.329. The first-order valence-corrected chi connectivity index (χ1v) is 13.2. The molecule has 0 atom stereocenters. The highest BCUT2D eigenvalue weighted by molar-refractivity contribution is 6.07. The number of nitriles is 1. The Morgan fingerprint density at radius 3 is 2.51 bits per heavy atom. The van der Waals surface area contributed by atoms with Crippen LogP contribution in [-0.4, -0.2) is 24.2 Å². The summed E-state index contributed by atoms with van der Waals surface area (Å²) >= 11 is 0. The smallest absolute Gasteiger partial charge is 0.272 e. The van der Waals surface area contributed by atoms with Crippen molar-refractivity contribution < 1.29 is 14.3 Å². The summed E-state index contributed by atoms with van der Waals surface area (Å²) in [5.41, 5.74) is 8.95. The number of hydrazone groups is 1. The Balaban J connectivity index is 1.34. The number of fused-ring (bicyclic) bond motifs is 1. The first-order chi connectivity index (χ1) is 20.1. The Bertz CT molecular complexity index is 1750. The number of nitrogens with one attached hydrogen (secondary N) is 1. The molecule has 1 heterocycles. The van der Waals surface area contributed by atoms with E-state index in [-0.39, 0.29) is 12.5 Å². The predicted octanol–water partition coefficient (Wildman–Crippen LogP) is 6.69. The molecule has 41 heavy (non-hydrogen) atoms. The summed E-state index contributed by atoms with van der Waals surface area (Å²) in [5.74, 6) is 0.981. The molecule has 1 N–H and O–H groups in total. The largest absolute Gasteiger partial charge is 0.496 e. The Morgan fingerprint density at radius 1 is 1.00 bits per heavy atom. The number of benzene rings is 4. The molecule has 1 aromatic heterocycles. The number of nitrogens with zero attached hydrogens (tertiary/aromatic N) is 3. The fourth-order valence-electron chi connectivity index (χ4n) is 4.43. The number of aryl methyl sites for hydroxylation is 1. The van der Waals surface area contributed by atoms with E-state index in [9.17, 15) is 4.79 Å². The number of amides is 1. The Labute approximate surface area is 238 Å². The molecule has 4 aromatic carbocycles. The quantitative estimate of drug-likeness (QED) is 0.166. The molecular weight excluding hydrogens is 512 g/mol. The Hall–Kier alpha value is -5.48. The summed E-state index contributed by atoms with van der Waals surface area (Å²) in [6.45, 7) is 2.37. The zero-order valence-electron chi connectivity index (χ0n) is 22.8. The molecule has 0 aliphatic heterocycles. The molecular formula is C34H28N4O3. The van der Waals surface area contributed by atoms with Gasteiger partial charge in [0, 0.05) is 16.5 Å². The van der Waals surface area contributed by atoms with Crippen LogP contribution >= 0.6 is 0 Å². The number of para-hydroxylation sites is 1. The lowest BCUT2D eigenvalue weighted by Crippen LogP contribution is -2.18. The van der Waals surface area contributed by atoms with E-state index in [1.54, 1.807) is 43.7 Å². The van der Waals surface area contributed by atoms with Crippen molar-refractivity contribution in [1.82, 2.24) is 10.4 Å². The van der Waals surface area contributed by atoms with Crippen LogP contribution in [0.2, 0.25) is 0 Å². The molecule has 202 valence electrons. The van der Waals surface area contributed by atoms with Gasteiger partial charge in [-0.3, -0.25) is 4.79 Å². The molecule has 7 nitrogen and oxygen atoms in total. The minimum absolute atomic E-state index is 0.258. The number of hydrogen-bond acceptors (Lipinski definition) is 6. The number of carbonyl (C=O) groups excluding carboxylic acids is 1. The maximum absolute atomic E-state index is 13.3. The fourth-order valence-corrected chi connectivity index (χ4v) is 4.43. The topological polar surface area (TPSA) is 96.6 Å². The molecule has 0 aliphatic rings. The third kappa shape index (κ3) is 6.40. The van der Waals surface area contributed by atoms with Crippen LogP contribution in [0.5, 0.6) is 11.5 Å². The van der Waals surface area contributed by atoms with Crippen molar-refractivity contribution in [2.24, 2.45) is 5.10 Å². The van der Waals surface area contributed by atoms with Gasteiger partial charge in [-0.2, -0.15) is 10.4 Å². The van der Waals surface area contributed by atoms with Crippen LogP contribution in [-0.2, 0) is 13.0 Å². The number of aromatic nitrogens is 1. The summed E-state index contributed by atoms with van der Waals surface area (Å²) in [7, 11) is 1.60. The molecule has 0 aliphatic carbocycles. The standard InChI is InChI=1S/C34H28N4O3/c1-3-23-8-13-26(14-9-23)32-19-30(29-6-4-5-7-31(29)37-32)34(39)38-36-21-25-12-17-33(40-2)27(18-25)22-41-28-15-10-24(20-35)11-16-28/h4-19,21H,3,22H2,1-2H3,(H,38,39). The first kappa shape index (κ1) is 27.1. The normalized spacial score (nSPS) is 10.9. The average Bonchev–Trinajstić information content (AvgIpc) is 3.03. The molecule has 5 rings (SSSR count). The maximum atomic E-state index is 13.3. The van der Waals surface area contributed by atoms with Crippen molar-refractivity contribution in [3.8, 4) is 28.8 Å². The Kier molecular flexibility index (Phi) is 8.32. The highest BCUT2D eigenvalue weighted by atomic mass is 16.5. The summed E-state index contributed by atoms with van der Waals surface area (Å²) < 4.78 is 11.4. The summed E-state index contributed by atoms with van der Waals surface area (Å²) in [4.78, 5) is 18.1. The van der Waals surface area contributed by atoms with Crippen LogP contribution in [0, 0.1) is 11.3 Å². The molecule has 0 saturated carbocycles. The van der Waals surface area contributed by atoms with E-state index in [4.69, 9.17) is 19.7 Å². The lowest BCUT2D eigenvalue weighted by Gasteiger charge is -2.11. The number of hydrogen-bond donors (Lipinski definition) is 1. The zero-order valence-corrected chi connectivity index (χ0v) is 22.8. The van der Waals surface area contributed by atoms with E-state index in [1.807, 2.05) is 54.6 Å². The van der Waals surface area contributed by atoms with Crippen LogP contribution in [0.25, 0.3) is 22.2 Å². The van der Waals surface area contributed by atoms with E-state index in [0.29, 0.717) is 22.6 Å². The molecule has 0 unspecified atom stereocenters. The number of rotatable bonds is 9. The monoisotopic (exact) mass is 540 g/mol. The van der Waals surface area contributed by atoms with Crippen LogP contribution in [0.15, 0.2) is 102 Å². The second kappa shape index (κ2) is 12.6. The van der Waals surface area contributed by atoms with Crippen LogP contribution in [0.1, 0.15) is 39.5 Å². The van der Waals surface area contributed by atoms with Crippen molar-refractivity contribution in [2.45, 2.75) is 20.0 Å². The van der Waals surface area contributed by atoms with Gasteiger partial charge in [-0.1, -0.05) is 49.4 Å². The minimum Gasteiger partial charge on any atom is -0.496 e. The van der Waals surface area contributed by atoms with Crippen molar-refractivity contribution in [1.29, 1.82) is 5.26 Å². The van der Waals surface area contributed by atoms with E-state index in [2.05, 4.69) is 35.7 Å². The third-order valence-corrected chi connectivity index (χ3v) is 6.68. The molecule has 0 bridgehead atoms. The van der Waals surface area contributed by atoms with Crippen molar-refractivity contribution in [3.63, 3.8) is 0 Å². The number of methoxy groups -OCH3 is 1. The first-order valence-electron chi connectivity index (χ1n) is 13.2. The van der Waals surface area contributed by atoms with Crippen molar-refractivity contribution in [3.05, 3.63) is 125 Å². The summed E-state index contributed by atoms with van der Waals surface area (Å²) in [5, 5.41) is 14.0. The fraction of sp³-hybridized carbons (Fsp3) is 0.118. The van der Waals surface area contributed by atoms with Gasteiger partial charge in [-0.25, -0.2) is 10.4 Å².